The topological polar surface area (TPSA) is 123 Å². The molecule has 14 atom stereocenters. The number of likely N-dealkylation sites (tertiary alicyclic amines) is 1. The van der Waals surface area contributed by atoms with E-state index in [2.05, 4.69) is 50.9 Å². The molecular weight excluding hydrogens is 534 g/mol. The van der Waals surface area contributed by atoms with Gasteiger partial charge in [0.15, 0.2) is 12.1 Å². The highest BCUT2D eigenvalue weighted by Crippen LogP contribution is 2.66. The molecule has 0 aromatic carbocycles. The van der Waals surface area contributed by atoms with E-state index in [0.717, 1.165) is 12.8 Å². The first-order valence-electron chi connectivity index (χ1n) is 16.7. The Labute approximate surface area is 251 Å². The van der Waals surface area contributed by atoms with Crippen LogP contribution in [0.3, 0.4) is 0 Å². The van der Waals surface area contributed by atoms with E-state index in [0.29, 0.717) is 48.5 Å². The van der Waals surface area contributed by atoms with Crippen molar-refractivity contribution in [2.24, 2.45) is 40.4 Å². The van der Waals surface area contributed by atoms with Crippen LogP contribution in [0.25, 0.3) is 0 Å². The maximum Gasteiger partial charge on any atom is 0.189 e. The van der Waals surface area contributed by atoms with Gasteiger partial charge in [0, 0.05) is 18.9 Å². The van der Waals surface area contributed by atoms with Gasteiger partial charge in [-0.05, 0) is 92.5 Å². The van der Waals surface area contributed by atoms with E-state index in [1.165, 1.54) is 50.6 Å². The van der Waals surface area contributed by atoms with Gasteiger partial charge in [-0.2, -0.15) is 0 Å². The Morgan fingerprint density at radius 2 is 1.81 bits per heavy atom. The summed E-state index contributed by atoms with van der Waals surface area (Å²) in [7, 11) is 2.34. The van der Waals surface area contributed by atoms with Crippen molar-refractivity contribution < 1.29 is 35.0 Å². The van der Waals surface area contributed by atoms with E-state index in [9.17, 15) is 25.5 Å². The summed E-state index contributed by atoms with van der Waals surface area (Å²) in [5.74, 6) is 1.41. The zero-order valence-corrected chi connectivity index (χ0v) is 26.1. The first kappa shape index (κ1) is 31.2. The number of fused-ring (bicyclic) bond motifs is 5. The fourth-order valence-corrected chi connectivity index (χ4v) is 10.5. The highest BCUT2D eigenvalue weighted by Gasteiger charge is 2.60. The van der Waals surface area contributed by atoms with Gasteiger partial charge < -0.3 is 39.9 Å². The Bertz CT molecular complexity index is 1050. The van der Waals surface area contributed by atoms with Gasteiger partial charge in [-0.3, -0.25) is 0 Å². The van der Waals surface area contributed by atoms with Crippen molar-refractivity contribution in [1.29, 1.82) is 0 Å². The van der Waals surface area contributed by atoms with Gasteiger partial charge in [-0.1, -0.05) is 57.4 Å². The van der Waals surface area contributed by atoms with Gasteiger partial charge >= 0.3 is 0 Å². The van der Waals surface area contributed by atoms with Crippen LogP contribution >= 0.6 is 0 Å². The quantitative estimate of drug-likeness (QED) is 0.245. The Balaban J connectivity index is 1.17. The third-order valence-electron chi connectivity index (χ3n) is 13.1. The van der Waals surface area contributed by atoms with Crippen LogP contribution in [0.5, 0.6) is 0 Å². The molecule has 0 aromatic heterocycles. The highest BCUT2D eigenvalue weighted by atomic mass is 16.8. The first-order valence-corrected chi connectivity index (χ1v) is 16.7. The average molecular weight is 590 g/mol. The molecule has 2 saturated carbocycles. The second-order valence-corrected chi connectivity index (χ2v) is 15.3. The van der Waals surface area contributed by atoms with Gasteiger partial charge in [-0.15, -0.1) is 0 Å². The van der Waals surface area contributed by atoms with E-state index in [1.54, 1.807) is 0 Å². The van der Waals surface area contributed by atoms with Crippen molar-refractivity contribution in [3.63, 3.8) is 0 Å². The lowest BCUT2D eigenvalue weighted by molar-refractivity contribution is -0.366. The second kappa shape index (κ2) is 11.5. The van der Waals surface area contributed by atoms with E-state index in [4.69, 9.17) is 9.47 Å². The monoisotopic (exact) mass is 589 g/mol. The number of allylic oxidation sites excluding steroid dienone is 3. The molecule has 42 heavy (non-hydrogen) atoms. The fraction of sp³-hybridized carbons (Fsp3) is 0.882. The molecule has 8 nitrogen and oxygen atoms in total. The minimum atomic E-state index is -1.55. The third-order valence-corrected chi connectivity index (χ3v) is 13.1. The van der Waals surface area contributed by atoms with Crippen molar-refractivity contribution in [1.82, 2.24) is 4.90 Å². The maximum atomic E-state index is 11.6. The van der Waals surface area contributed by atoms with Crippen molar-refractivity contribution in [3.05, 3.63) is 23.8 Å². The number of aliphatic hydroxyl groups excluding tert-OH is 4. The molecule has 0 unspecified atom stereocenters. The SMILES string of the molecule is C[C@@H]([C@@H]1CCCCCN1C)[C@@H]1C=C[C@@H]2[C@H]3CC=C4C[C@](O)(O[C@@H]5O[C@@H](CO)[C@H](O)[C@@H](O)[C@@H]5O)CC[C@@]4(C)[C@H]3CC[C@]21C. The van der Waals surface area contributed by atoms with Crippen LogP contribution in [0.1, 0.15) is 85.0 Å². The van der Waals surface area contributed by atoms with Crippen LogP contribution in [-0.2, 0) is 9.47 Å². The molecule has 2 heterocycles. The first-order chi connectivity index (χ1) is 19.9. The Morgan fingerprint density at radius 1 is 1.02 bits per heavy atom. The minimum absolute atomic E-state index is 0.0196. The molecular formula is C34H55NO7. The number of aliphatic hydroxyl groups is 5. The number of nitrogens with zero attached hydrogens (tertiary/aromatic N) is 1. The lowest BCUT2D eigenvalue weighted by Crippen LogP contribution is -2.61. The Kier molecular flexibility index (Phi) is 8.54. The van der Waals surface area contributed by atoms with E-state index in [-0.39, 0.29) is 10.8 Å². The molecule has 4 fully saturated rings. The summed E-state index contributed by atoms with van der Waals surface area (Å²) in [5, 5.41) is 52.0. The number of rotatable bonds is 5. The summed E-state index contributed by atoms with van der Waals surface area (Å²) in [6.07, 6.45) is 10.9. The summed E-state index contributed by atoms with van der Waals surface area (Å²) in [4.78, 5) is 2.64. The molecule has 8 heteroatoms. The highest BCUT2D eigenvalue weighted by molar-refractivity contribution is 5.29. The van der Waals surface area contributed by atoms with E-state index < -0.39 is 43.1 Å². The summed E-state index contributed by atoms with van der Waals surface area (Å²) in [6, 6.07) is 0.658. The van der Waals surface area contributed by atoms with Gasteiger partial charge in [-0.25, -0.2) is 0 Å². The molecule has 0 radical (unpaired) electrons. The summed E-state index contributed by atoms with van der Waals surface area (Å²) in [5.41, 5.74) is 1.49. The van der Waals surface area contributed by atoms with Gasteiger partial charge in [0.05, 0.1) is 6.61 Å². The normalized spacial score (nSPS) is 52.1. The predicted octanol–water partition coefficient (Wildman–Crippen LogP) is 3.36. The second-order valence-electron chi connectivity index (χ2n) is 15.3. The van der Waals surface area contributed by atoms with Gasteiger partial charge in [0.1, 0.15) is 24.4 Å². The summed E-state index contributed by atoms with van der Waals surface area (Å²) >= 11 is 0. The van der Waals surface area contributed by atoms with Crippen molar-refractivity contribution in [2.75, 3.05) is 20.2 Å². The molecule has 2 saturated heterocycles. The summed E-state index contributed by atoms with van der Waals surface area (Å²) < 4.78 is 11.5. The third kappa shape index (κ3) is 5.06. The lowest BCUT2D eigenvalue weighted by atomic mass is 9.46. The van der Waals surface area contributed by atoms with Crippen LogP contribution in [-0.4, -0.2) is 93.2 Å². The lowest BCUT2D eigenvalue weighted by Gasteiger charge is -2.59. The number of ether oxygens (including phenoxy) is 2. The van der Waals surface area contributed by atoms with Gasteiger partial charge in [0.25, 0.3) is 0 Å². The minimum Gasteiger partial charge on any atom is -0.394 e. The molecule has 238 valence electrons. The van der Waals surface area contributed by atoms with Crippen molar-refractivity contribution in [3.8, 4) is 0 Å². The molecule has 5 N–H and O–H groups in total. The molecule has 0 amide bonds. The predicted molar refractivity (Wildman–Crippen MR) is 159 cm³/mol. The molecule has 6 rings (SSSR count). The number of hydrogen-bond acceptors (Lipinski definition) is 8. The van der Waals surface area contributed by atoms with Crippen LogP contribution in [0.2, 0.25) is 0 Å². The molecule has 6 aliphatic rings. The van der Waals surface area contributed by atoms with Crippen molar-refractivity contribution in [2.45, 2.75) is 128 Å². The summed E-state index contributed by atoms with van der Waals surface area (Å²) in [6.45, 7) is 8.15. The van der Waals surface area contributed by atoms with Crippen LogP contribution in [0.4, 0.5) is 0 Å². The zero-order valence-electron chi connectivity index (χ0n) is 26.1. The molecule has 2 aliphatic heterocycles. The van der Waals surface area contributed by atoms with Gasteiger partial charge in [0.2, 0.25) is 0 Å². The molecule has 0 aromatic rings. The standard InChI is InChI=1S/C34H55NO7/c1-20(26-8-6-5-7-17-35(26)4)23-11-12-24-22-10-9-21-18-34(40,16-15-32(21,2)25(22)13-14-33(23,24)3)42-31-30(39)29(38)28(37)27(19-36)41-31/h9,11-12,20,22-31,36-40H,5-8,10,13-19H2,1-4H3/t20-,22-,23+,24-,25+,26+,27+,28+,29-,30+,31+,32-,33+,34-/m1/s1. The Hall–Kier alpha value is -0.840. The zero-order chi connectivity index (χ0) is 30.0. The van der Waals surface area contributed by atoms with Crippen LogP contribution in [0.15, 0.2) is 23.8 Å². The number of hydrogen-bond donors (Lipinski definition) is 5. The molecule has 4 aliphatic carbocycles. The maximum absolute atomic E-state index is 11.6. The van der Waals surface area contributed by atoms with Crippen molar-refractivity contribution >= 4 is 0 Å². The van der Waals surface area contributed by atoms with Crippen LogP contribution < -0.4 is 0 Å². The van der Waals surface area contributed by atoms with E-state index in [1.807, 2.05) is 0 Å². The van der Waals surface area contributed by atoms with E-state index >= 15 is 0 Å². The Morgan fingerprint density at radius 3 is 2.57 bits per heavy atom. The average Bonchev–Trinajstić information content (AvgIpc) is 3.17. The smallest absolute Gasteiger partial charge is 0.189 e. The largest absolute Gasteiger partial charge is 0.394 e. The molecule has 0 bridgehead atoms. The van der Waals surface area contributed by atoms with Crippen LogP contribution in [0, 0.1) is 40.4 Å². The molecule has 0 spiro atoms. The fourth-order valence-electron chi connectivity index (χ4n) is 10.5.